The second-order valence-electron chi connectivity index (χ2n) is 10.9. The Morgan fingerprint density at radius 3 is 2.55 bits per heavy atom. The molecule has 2 saturated heterocycles. The molecule has 0 spiro atoms. The maximum Gasteiger partial charge on any atom is 0.314 e. The summed E-state index contributed by atoms with van der Waals surface area (Å²) in [5, 5.41) is 8.06. The molecule has 9 heteroatoms. The van der Waals surface area contributed by atoms with Crippen molar-refractivity contribution in [3.63, 3.8) is 0 Å². The van der Waals surface area contributed by atoms with Crippen molar-refractivity contribution < 1.29 is 9.59 Å². The molecule has 2 fully saturated rings. The smallest absolute Gasteiger partial charge is 0.314 e. The molecular weight excluding hydrogens is 545 g/mol. The minimum atomic E-state index is -0.121. The van der Waals surface area contributed by atoms with Crippen LogP contribution in [0.4, 0.5) is 4.79 Å². The van der Waals surface area contributed by atoms with Gasteiger partial charge in [0.05, 0.1) is 15.6 Å². The van der Waals surface area contributed by atoms with Gasteiger partial charge in [-0.1, -0.05) is 35.3 Å². The highest BCUT2D eigenvalue weighted by molar-refractivity contribution is 6.42. The minimum Gasteiger partial charge on any atom is -0.339 e. The highest BCUT2D eigenvalue weighted by atomic mass is 35.5. The standard InChI is InChI=1S/C31H37Cl2N5O2/c1-2-34-31(40)36-19-25-20-38(13-9-22(25)16-21-5-7-27(32)28(33)17-21)26-10-14-37(15-11-26)30(39)24-6-8-29-23(18-24)4-3-12-35-29/h3-8,12,17-18,22,25-26H,2,9-11,13-16,19-20H2,1H3,(H2,34,36,40)/t22-,25-/m1/s1. The quantitative estimate of drug-likeness (QED) is 0.378. The molecule has 3 amide bonds. The summed E-state index contributed by atoms with van der Waals surface area (Å²) >= 11 is 12.4. The normalized spacial score (nSPS) is 20.4. The fourth-order valence-corrected chi connectivity index (χ4v) is 6.50. The van der Waals surface area contributed by atoms with Gasteiger partial charge in [0.25, 0.3) is 5.91 Å². The molecule has 0 saturated carbocycles. The first-order chi connectivity index (χ1) is 19.4. The van der Waals surface area contributed by atoms with Gasteiger partial charge in [-0.3, -0.25) is 14.7 Å². The monoisotopic (exact) mass is 581 g/mol. The largest absolute Gasteiger partial charge is 0.339 e. The third-order valence-corrected chi connectivity index (χ3v) is 9.12. The molecule has 2 aromatic carbocycles. The number of benzene rings is 2. The van der Waals surface area contributed by atoms with E-state index in [9.17, 15) is 9.59 Å². The van der Waals surface area contributed by atoms with E-state index < -0.39 is 0 Å². The van der Waals surface area contributed by atoms with Crippen LogP contribution < -0.4 is 10.6 Å². The number of aromatic nitrogens is 1. The summed E-state index contributed by atoms with van der Waals surface area (Å²) in [6.07, 6.45) is 5.63. The number of carbonyl (C=O) groups is 2. The van der Waals surface area contributed by atoms with Crippen molar-refractivity contribution in [3.8, 4) is 0 Å². The van der Waals surface area contributed by atoms with E-state index in [1.54, 1.807) is 6.20 Å². The first-order valence-corrected chi connectivity index (χ1v) is 15.0. The van der Waals surface area contributed by atoms with E-state index >= 15 is 0 Å². The highest BCUT2D eigenvalue weighted by Gasteiger charge is 2.35. The zero-order chi connectivity index (χ0) is 28.1. The predicted octanol–water partition coefficient (Wildman–Crippen LogP) is 5.65. The number of halogens is 2. The Morgan fingerprint density at radius 1 is 0.950 bits per heavy atom. The molecule has 1 aromatic heterocycles. The number of hydrogen-bond donors (Lipinski definition) is 2. The Kier molecular flexibility index (Phi) is 9.45. The lowest BCUT2D eigenvalue weighted by molar-refractivity contribution is 0.0408. The van der Waals surface area contributed by atoms with Crippen molar-refractivity contribution in [1.82, 2.24) is 25.4 Å². The zero-order valence-electron chi connectivity index (χ0n) is 22.9. The van der Waals surface area contributed by atoms with Crippen molar-refractivity contribution in [2.75, 3.05) is 39.3 Å². The number of nitrogens with one attached hydrogen (secondary N) is 2. The van der Waals surface area contributed by atoms with E-state index in [1.807, 2.05) is 60.4 Å². The molecule has 2 aliphatic heterocycles. The number of amides is 3. The van der Waals surface area contributed by atoms with Gasteiger partial charge in [-0.25, -0.2) is 4.79 Å². The molecule has 0 bridgehead atoms. The van der Waals surface area contributed by atoms with Crippen LogP contribution in [-0.4, -0.2) is 72.0 Å². The van der Waals surface area contributed by atoms with Crippen LogP contribution >= 0.6 is 23.2 Å². The predicted molar refractivity (Wildman–Crippen MR) is 161 cm³/mol. The van der Waals surface area contributed by atoms with Gasteiger partial charge in [0.2, 0.25) is 0 Å². The fourth-order valence-electron chi connectivity index (χ4n) is 6.18. The van der Waals surface area contributed by atoms with Gasteiger partial charge in [0, 0.05) is 55.9 Å². The Bertz CT molecular complexity index is 1340. The van der Waals surface area contributed by atoms with Crippen molar-refractivity contribution in [2.45, 2.75) is 38.6 Å². The maximum absolute atomic E-state index is 13.3. The Morgan fingerprint density at radius 2 is 1.77 bits per heavy atom. The van der Waals surface area contributed by atoms with Gasteiger partial charge < -0.3 is 15.5 Å². The number of urea groups is 1. The summed E-state index contributed by atoms with van der Waals surface area (Å²) in [6, 6.07) is 15.8. The van der Waals surface area contributed by atoms with Crippen LogP contribution in [0.15, 0.2) is 54.7 Å². The number of piperidine rings is 2. The number of nitrogens with zero attached hydrogens (tertiary/aromatic N) is 3. The van der Waals surface area contributed by atoms with E-state index in [0.29, 0.717) is 41.0 Å². The van der Waals surface area contributed by atoms with Crippen molar-refractivity contribution in [2.24, 2.45) is 11.8 Å². The third-order valence-electron chi connectivity index (χ3n) is 8.38. The lowest BCUT2D eigenvalue weighted by atomic mass is 9.80. The number of carbonyl (C=O) groups excluding carboxylic acids is 2. The average molecular weight is 583 g/mol. The Balaban J connectivity index is 1.20. The van der Waals surface area contributed by atoms with Crippen LogP contribution in [0.25, 0.3) is 10.9 Å². The first kappa shape index (κ1) is 28.7. The van der Waals surface area contributed by atoms with E-state index in [2.05, 4.69) is 20.5 Å². The summed E-state index contributed by atoms with van der Waals surface area (Å²) in [5.74, 6) is 0.838. The molecule has 2 N–H and O–H groups in total. The molecule has 3 aromatic rings. The molecule has 0 radical (unpaired) electrons. The zero-order valence-corrected chi connectivity index (χ0v) is 24.4. The molecule has 2 aliphatic rings. The second kappa shape index (κ2) is 13.2. The van der Waals surface area contributed by atoms with Crippen molar-refractivity contribution in [1.29, 1.82) is 0 Å². The topological polar surface area (TPSA) is 77.6 Å². The molecule has 212 valence electrons. The molecular formula is C31H37Cl2N5O2. The minimum absolute atomic E-state index is 0.0912. The molecule has 7 nitrogen and oxygen atoms in total. The van der Waals surface area contributed by atoms with E-state index in [1.165, 1.54) is 5.56 Å². The summed E-state index contributed by atoms with van der Waals surface area (Å²) in [7, 11) is 0. The van der Waals surface area contributed by atoms with E-state index in [-0.39, 0.29) is 11.9 Å². The first-order valence-electron chi connectivity index (χ1n) is 14.2. The third kappa shape index (κ3) is 6.88. The summed E-state index contributed by atoms with van der Waals surface area (Å²) in [5.41, 5.74) is 2.79. The van der Waals surface area contributed by atoms with Gasteiger partial charge in [-0.15, -0.1) is 0 Å². The van der Waals surface area contributed by atoms with Crippen molar-refractivity contribution >= 4 is 46.0 Å². The number of pyridine rings is 1. The van der Waals surface area contributed by atoms with Crippen LogP contribution in [-0.2, 0) is 6.42 Å². The number of hydrogen-bond acceptors (Lipinski definition) is 4. The van der Waals surface area contributed by atoms with Crippen LogP contribution in [0.3, 0.4) is 0 Å². The lowest BCUT2D eigenvalue weighted by Gasteiger charge is -2.45. The molecule has 0 aliphatic carbocycles. The van der Waals surface area contributed by atoms with Crippen LogP contribution in [0, 0.1) is 11.8 Å². The highest BCUT2D eigenvalue weighted by Crippen LogP contribution is 2.32. The molecule has 0 unspecified atom stereocenters. The van der Waals surface area contributed by atoms with Gasteiger partial charge in [0.15, 0.2) is 0 Å². The summed E-state index contributed by atoms with van der Waals surface area (Å²) in [4.78, 5) is 34.4. The van der Waals surface area contributed by atoms with E-state index in [4.69, 9.17) is 23.2 Å². The SMILES string of the molecule is CCNC(=O)NC[C@@H]1CN(C2CCN(C(=O)c3ccc4ncccc4c3)CC2)CC[C@@H]1Cc1ccc(Cl)c(Cl)c1. The maximum atomic E-state index is 13.3. The van der Waals surface area contributed by atoms with Gasteiger partial charge in [-0.2, -0.15) is 0 Å². The molecule has 40 heavy (non-hydrogen) atoms. The summed E-state index contributed by atoms with van der Waals surface area (Å²) < 4.78 is 0. The molecule has 5 rings (SSSR count). The number of likely N-dealkylation sites (tertiary alicyclic amines) is 2. The molecule has 3 heterocycles. The van der Waals surface area contributed by atoms with E-state index in [0.717, 1.165) is 68.3 Å². The van der Waals surface area contributed by atoms with Crippen LogP contribution in [0.5, 0.6) is 0 Å². The van der Waals surface area contributed by atoms with Crippen molar-refractivity contribution in [3.05, 3.63) is 75.9 Å². The Labute approximate surface area is 246 Å². The second-order valence-corrected chi connectivity index (χ2v) is 11.7. The molecule has 2 atom stereocenters. The van der Waals surface area contributed by atoms with Crippen LogP contribution in [0.2, 0.25) is 10.0 Å². The van der Waals surface area contributed by atoms with Gasteiger partial charge >= 0.3 is 6.03 Å². The average Bonchev–Trinajstić information content (AvgIpc) is 2.98. The number of rotatable bonds is 7. The summed E-state index contributed by atoms with van der Waals surface area (Å²) in [6.45, 7) is 6.59. The van der Waals surface area contributed by atoms with Gasteiger partial charge in [-0.05, 0) is 92.9 Å². The number of fused-ring (bicyclic) bond motifs is 1. The Hall–Kier alpha value is -2.87. The van der Waals surface area contributed by atoms with Gasteiger partial charge in [0.1, 0.15) is 0 Å². The fraction of sp³-hybridized carbons (Fsp3) is 0.452. The lowest BCUT2D eigenvalue weighted by Crippen LogP contribution is -2.53. The van der Waals surface area contributed by atoms with Crippen LogP contribution in [0.1, 0.15) is 42.1 Å².